The zero-order chi connectivity index (χ0) is 15.5. The van der Waals surface area contributed by atoms with Crippen LogP contribution in [0.15, 0.2) is 24.3 Å². The highest BCUT2D eigenvalue weighted by Gasteiger charge is 2.33. The van der Waals surface area contributed by atoms with E-state index in [1.54, 1.807) is 0 Å². The predicted octanol–water partition coefficient (Wildman–Crippen LogP) is 2.22. The SMILES string of the molecule is CC(C)(C)c1ccc(C(=O)NC2(CN)CCOCC2)cc1. The summed E-state index contributed by atoms with van der Waals surface area (Å²) in [5, 5.41) is 3.11. The Morgan fingerprint density at radius 1 is 1.24 bits per heavy atom. The van der Waals surface area contributed by atoms with Gasteiger partial charge in [-0.15, -0.1) is 0 Å². The summed E-state index contributed by atoms with van der Waals surface area (Å²) in [5.74, 6) is -0.0530. The molecule has 4 heteroatoms. The molecular weight excluding hydrogens is 264 g/mol. The van der Waals surface area contributed by atoms with Gasteiger partial charge in [0.05, 0.1) is 5.54 Å². The first-order valence-electron chi connectivity index (χ1n) is 7.57. The zero-order valence-electron chi connectivity index (χ0n) is 13.2. The van der Waals surface area contributed by atoms with Gasteiger partial charge in [0.1, 0.15) is 0 Å². The van der Waals surface area contributed by atoms with Crippen LogP contribution in [0.4, 0.5) is 0 Å². The van der Waals surface area contributed by atoms with Crippen molar-refractivity contribution in [3.63, 3.8) is 0 Å². The van der Waals surface area contributed by atoms with Crippen LogP contribution in [0, 0.1) is 0 Å². The second kappa shape index (κ2) is 6.16. The fourth-order valence-electron chi connectivity index (χ4n) is 2.58. The molecule has 1 saturated heterocycles. The molecule has 116 valence electrons. The highest BCUT2D eigenvalue weighted by atomic mass is 16.5. The number of rotatable bonds is 3. The molecule has 3 N–H and O–H groups in total. The summed E-state index contributed by atoms with van der Waals surface area (Å²) in [5.41, 5.74) is 7.55. The van der Waals surface area contributed by atoms with Gasteiger partial charge in [0.15, 0.2) is 0 Å². The Labute approximate surface area is 127 Å². The number of nitrogens with two attached hydrogens (primary N) is 1. The number of hydrogen-bond donors (Lipinski definition) is 2. The van der Waals surface area contributed by atoms with Crippen LogP contribution >= 0.6 is 0 Å². The molecule has 0 bridgehead atoms. The molecule has 1 aliphatic rings. The maximum Gasteiger partial charge on any atom is 0.251 e. The molecule has 1 fully saturated rings. The molecular formula is C17H26N2O2. The fraction of sp³-hybridized carbons (Fsp3) is 0.588. The quantitative estimate of drug-likeness (QED) is 0.897. The maximum absolute atomic E-state index is 12.4. The lowest BCUT2D eigenvalue weighted by molar-refractivity contribution is 0.0388. The third kappa shape index (κ3) is 3.83. The Kier molecular flexibility index (Phi) is 4.69. The standard InChI is InChI=1S/C17H26N2O2/c1-16(2,3)14-6-4-13(5-7-14)15(20)19-17(12-18)8-10-21-11-9-17/h4-7H,8-12,18H2,1-3H3,(H,19,20). The second-order valence-corrected chi connectivity index (χ2v) is 6.88. The van der Waals surface area contributed by atoms with Crippen LogP contribution in [0.25, 0.3) is 0 Å². The molecule has 0 aliphatic carbocycles. The largest absolute Gasteiger partial charge is 0.381 e. The summed E-state index contributed by atoms with van der Waals surface area (Å²) in [4.78, 5) is 12.4. The van der Waals surface area contributed by atoms with Gasteiger partial charge >= 0.3 is 0 Å². The normalized spacial score (nSPS) is 18.3. The van der Waals surface area contributed by atoms with Crippen molar-refractivity contribution in [2.75, 3.05) is 19.8 Å². The first-order valence-corrected chi connectivity index (χ1v) is 7.57. The topological polar surface area (TPSA) is 64.4 Å². The summed E-state index contributed by atoms with van der Waals surface area (Å²) >= 11 is 0. The van der Waals surface area contributed by atoms with E-state index in [4.69, 9.17) is 10.5 Å². The minimum absolute atomic E-state index is 0.0530. The highest BCUT2D eigenvalue weighted by Crippen LogP contribution is 2.23. The third-order valence-electron chi connectivity index (χ3n) is 4.23. The molecule has 0 aromatic heterocycles. The van der Waals surface area contributed by atoms with Crippen LogP contribution in [0.2, 0.25) is 0 Å². The lowest BCUT2D eigenvalue weighted by Crippen LogP contribution is -2.56. The van der Waals surface area contributed by atoms with Crippen LogP contribution in [0.5, 0.6) is 0 Å². The second-order valence-electron chi connectivity index (χ2n) is 6.88. The summed E-state index contributed by atoms with van der Waals surface area (Å²) in [7, 11) is 0. The zero-order valence-corrected chi connectivity index (χ0v) is 13.2. The van der Waals surface area contributed by atoms with Crippen LogP contribution in [-0.4, -0.2) is 31.2 Å². The average molecular weight is 290 g/mol. The molecule has 2 rings (SSSR count). The number of amides is 1. The van der Waals surface area contributed by atoms with Crippen molar-refractivity contribution in [1.29, 1.82) is 0 Å². The van der Waals surface area contributed by atoms with Crippen LogP contribution < -0.4 is 11.1 Å². The lowest BCUT2D eigenvalue weighted by Gasteiger charge is -2.37. The first kappa shape index (κ1) is 16.0. The molecule has 1 heterocycles. The van der Waals surface area contributed by atoms with Gasteiger partial charge < -0.3 is 15.8 Å². The molecule has 0 spiro atoms. The molecule has 0 saturated carbocycles. The van der Waals surface area contributed by atoms with Crippen LogP contribution in [0.3, 0.4) is 0 Å². The van der Waals surface area contributed by atoms with Gasteiger partial charge in [-0.2, -0.15) is 0 Å². The Bertz CT molecular complexity index is 483. The van der Waals surface area contributed by atoms with Crippen molar-refractivity contribution in [3.8, 4) is 0 Å². The van der Waals surface area contributed by atoms with Gasteiger partial charge in [-0.1, -0.05) is 32.9 Å². The molecule has 1 aliphatic heterocycles. The van der Waals surface area contributed by atoms with Gasteiger partial charge in [-0.3, -0.25) is 4.79 Å². The summed E-state index contributed by atoms with van der Waals surface area (Å²) in [6, 6.07) is 7.82. The molecule has 0 atom stereocenters. The number of benzene rings is 1. The molecule has 0 unspecified atom stereocenters. The number of hydrogen-bond acceptors (Lipinski definition) is 3. The van der Waals surface area contributed by atoms with E-state index in [0.717, 1.165) is 12.8 Å². The van der Waals surface area contributed by atoms with Crippen molar-refractivity contribution in [1.82, 2.24) is 5.32 Å². The number of ether oxygens (including phenoxy) is 1. The highest BCUT2D eigenvalue weighted by molar-refractivity contribution is 5.94. The van der Waals surface area contributed by atoms with E-state index in [-0.39, 0.29) is 16.9 Å². The van der Waals surface area contributed by atoms with E-state index in [1.165, 1.54) is 5.56 Å². The van der Waals surface area contributed by atoms with Crippen molar-refractivity contribution in [2.24, 2.45) is 5.73 Å². The summed E-state index contributed by atoms with van der Waals surface area (Å²) in [6.45, 7) is 8.23. The van der Waals surface area contributed by atoms with Crippen molar-refractivity contribution in [2.45, 2.75) is 44.6 Å². The maximum atomic E-state index is 12.4. The number of nitrogens with one attached hydrogen (secondary N) is 1. The molecule has 21 heavy (non-hydrogen) atoms. The van der Waals surface area contributed by atoms with Gasteiger partial charge in [0.2, 0.25) is 0 Å². The van der Waals surface area contributed by atoms with Crippen molar-refractivity contribution >= 4 is 5.91 Å². The van der Waals surface area contributed by atoms with Gasteiger partial charge in [-0.05, 0) is 36.0 Å². The van der Waals surface area contributed by atoms with E-state index < -0.39 is 0 Å². The number of carbonyl (C=O) groups is 1. The average Bonchev–Trinajstić information content (AvgIpc) is 2.47. The molecule has 1 aromatic rings. The minimum Gasteiger partial charge on any atom is -0.381 e. The smallest absolute Gasteiger partial charge is 0.251 e. The van der Waals surface area contributed by atoms with Crippen molar-refractivity contribution < 1.29 is 9.53 Å². The first-order chi connectivity index (χ1) is 9.86. The Balaban J connectivity index is 2.09. The third-order valence-corrected chi connectivity index (χ3v) is 4.23. The Morgan fingerprint density at radius 3 is 2.29 bits per heavy atom. The van der Waals surface area contributed by atoms with E-state index >= 15 is 0 Å². The van der Waals surface area contributed by atoms with E-state index in [2.05, 4.69) is 26.1 Å². The monoisotopic (exact) mass is 290 g/mol. The van der Waals surface area contributed by atoms with E-state index in [9.17, 15) is 4.79 Å². The minimum atomic E-state index is -0.321. The summed E-state index contributed by atoms with van der Waals surface area (Å²) in [6.07, 6.45) is 1.55. The summed E-state index contributed by atoms with van der Waals surface area (Å²) < 4.78 is 5.36. The molecule has 4 nitrogen and oxygen atoms in total. The number of carbonyl (C=O) groups excluding carboxylic acids is 1. The predicted molar refractivity (Wildman–Crippen MR) is 84.4 cm³/mol. The van der Waals surface area contributed by atoms with Crippen LogP contribution in [-0.2, 0) is 10.2 Å². The van der Waals surface area contributed by atoms with Gasteiger partial charge in [-0.25, -0.2) is 0 Å². The van der Waals surface area contributed by atoms with Crippen molar-refractivity contribution in [3.05, 3.63) is 35.4 Å². The van der Waals surface area contributed by atoms with Crippen LogP contribution in [0.1, 0.15) is 49.5 Å². The Hall–Kier alpha value is -1.39. The van der Waals surface area contributed by atoms with E-state index in [0.29, 0.717) is 25.3 Å². The lowest BCUT2D eigenvalue weighted by atomic mass is 9.86. The molecule has 0 radical (unpaired) electrons. The van der Waals surface area contributed by atoms with E-state index in [1.807, 2.05) is 24.3 Å². The molecule has 1 aromatic carbocycles. The fourth-order valence-corrected chi connectivity index (χ4v) is 2.58. The van der Waals surface area contributed by atoms with Gasteiger partial charge in [0, 0.05) is 25.3 Å². The molecule has 1 amide bonds. The van der Waals surface area contributed by atoms with Gasteiger partial charge in [0.25, 0.3) is 5.91 Å². The Morgan fingerprint density at radius 2 is 1.81 bits per heavy atom.